The second-order valence-electron chi connectivity index (χ2n) is 7.68. The Labute approximate surface area is 186 Å². The summed E-state index contributed by atoms with van der Waals surface area (Å²) in [6.45, 7) is 7.57. The van der Waals surface area contributed by atoms with Crippen molar-refractivity contribution in [3.05, 3.63) is 48.0 Å². The molecule has 1 amide bonds. The first-order valence-electron chi connectivity index (χ1n) is 10.2. The number of nitrogens with zero attached hydrogens (tertiary/aromatic N) is 3. The lowest BCUT2D eigenvalue weighted by molar-refractivity contribution is -0.128. The van der Waals surface area contributed by atoms with Gasteiger partial charge < -0.3 is 14.5 Å². The van der Waals surface area contributed by atoms with E-state index in [0.717, 1.165) is 47.5 Å². The van der Waals surface area contributed by atoms with Crippen LogP contribution < -0.4 is 9.64 Å². The number of fused-ring (bicyclic) bond motifs is 1. The third-order valence-corrected chi connectivity index (χ3v) is 7.46. The fraction of sp³-hybridized carbons (Fsp3) is 0.391. The molecule has 0 unspecified atom stereocenters. The summed E-state index contributed by atoms with van der Waals surface area (Å²) in [6.07, 6.45) is 0. The van der Waals surface area contributed by atoms with Gasteiger partial charge in [-0.05, 0) is 41.8 Å². The zero-order valence-corrected chi connectivity index (χ0v) is 19.3. The summed E-state index contributed by atoms with van der Waals surface area (Å²) in [5, 5.41) is 1.07. The van der Waals surface area contributed by atoms with Gasteiger partial charge in [0.05, 0.1) is 23.1 Å². The fourth-order valence-corrected chi connectivity index (χ4v) is 5.47. The maximum Gasteiger partial charge on any atom is 0.233 e. The van der Waals surface area contributed by atoms with Crippen LogP contribution >= 0.6 is 23.1 Å². The Morgan fingerprint density at radius 1 is 1.13 bits per heavy atom. The average molecular weight is 442 g/mol. The number of para-hydroxylation sites is 1. The molecule has 158 valence electrons. The summed E-state index contributed by atoms with van der Waals surface area (Å²) in [6, 6.07) is 14.3. The number of anilines is 1. The monoisotopic (exact) mass is 441 g/mol. The number of carbonyl (C=O) groups is 1. The molecule has 4 rings (SSSR count). The van der Waals surface area contributed by atoms with Crippen molar-refractivity contribution in [1.82, 2.24) is 9.88 Å². The van der Waals surface area contributed by atoms with Crippen LogP contribution in [0.5, 0.6) is 5.75 Å². The number of hydrogen-bond acceptors (Lipinski definition) is 6. The number of benzene rings is 2. The maximum absolute atomic E-state index is 12.6. The lowest BCUT2D eigenvalue weighted by Crippen LogP contribution is -2.49. The largest absolute Gasteiger partial charge is 0.497 e. The van der Waals surface area contributed by atoms with Crippen molar-refractivity contribution < 1.29 is 9.53 Å². The predicted molar refractivity (Wildman–Crippen MR) is 126 cm³/mol. The van der Waals surface area contributed by atoms with E-state index < -0.39 is 0 Å². The van der Waals surface area contributed by atoms with Gasteiger partial charge in [0.25, 0.3) is 0 Å². The molecule has 1 aliphatic heterocycles. The number of methoxy groups -OCH3 is 1. The Kier molecular flexibility index (Phi) is 6.49. The SMILES string of the molecule is COc1ccc(SCC(=O)N2CCN(c3nc4c(C(C)C)cccc4s3)CC2)cc1. The summed E-state index contributed by atoms with van der Waals surface area (Å²) in [7, 11) is 1.66. The third-order valence-electron chi connectivity index (χ3n) is 5.39. The summed E-state index contributed by atoms with van der Waals surface area (Å²) in [5.41, 5.74) is 2.43. The highest BCUT2D eigenvalue weighted by Gasteiger charge is 2.23. The van der Waals surface area contributed by atoms with Crippen LogP contribution in [0.4, 0.5) is 5.13 Å². The van der Waals surface area contributed by atoms with Crippen molar-refractivity contribution in [2.45, 2.75) is 24.7 Å². The molecular formula is C23H27N3O2S2. The first-order valence-corrected chi connectivity index (χ1v) is 12.0. The summed E-state index contributed by atoms with van der Waals surface area (Å²) in [5.74, 6) is 1.95. The molecule has 1 aliphatic rings. The van der Waals surface area contributed by atoms with Gasteiger partial charge >= 0.3 is 0 Å². The molecule has 5 nitrogen and oxygen atoms in total. The number of rotatable bonds is 6. The van der Waals surface area contributed by atoms with E-state index in [2.05, 4.69) is 36.9 Å². The van der Waals surface area contributed by atoms with Crippen LogP contribution in [0.3, 0.4) is 0 Å². The number of carbonyl (C=O) groups excluding carboxylic acids is 1. The smallest absolute Gasteiger partial charge is 0.233 e. The van der Waals surface area contributed by atoms with E-state index in [4.69, 9.17) is 9.72 Å². The van der Waals surface area contributed by atoms with E-state index >= 15 is 0 Å². The molecule has 0 spiro atoms. The highest BCUT2D eigenvalue weighted by atomic mass is 32.2. The van der Waals surface area contributed by atoms with Crippen LogP contribution in [0.1, 0.15) is 25.3 Å². The molecule has 7 heteroatoms. The van der Waals surface area contributed by atoms with Gasteiger partial charge in [-0.3, -0.25) is 4.79 Å². The van der Waals surface area contributed by atoms with Gasteiger partial charge in [-0.2, -0.15) is 0 Å². The van der Waals surface area contributed by atoms with Gasteiger partial charge in [-0.15, -0.1) is 11.8 Å². The number of aromatic nitrogens is 1. The van der Waals surface area contributed by atoms with Gasteiger partial charge in [0.2, 0.25) is 5.91 Å². The minimum atomic E-state index is 0.196. The van der Waals surface area contributed by atoms with Crippen molar-refractivity contribution in [2.75, 3.05) is 43.9 Å². The first-order chi connectivity index (χ1) is 14.5. The number of hydrogen-bond donors (Lipinski definition) is 0. The Balaban J connectivity index is 1.33. The summed E-state index contributed by atoms with van der Waals surface area (Å²) >= 11 is 3.33. The minimum Gasteiger partial charge on any atom is -0.497 e. The Hall–Kier alpha value is -2.25. The first kappa shape index (κ1) is 21.0. The second-order valence-corrected chi connectivity index (χ2v) is 9.74. The lowest BCUT2D eigenvalue weighted by atomic mass is 10.0. The molecule has 0 N–H and O–H groups in total. The van der Waals surface area contributed by atoms with Crippen molar-refractivity contribution in [1.29, 1.82) is 0 Å². The fourth-order valence-electron chi connectivity index (χ4n) is 3.61. The summed E-state index contributed by atoms with van der Waals surface area (Å²) in [4.78, 5) is 23.0. The van der Waals surface area contributed by atoms with Crippen LogP contribution in [-0.4, -0.2) is 54.8 Å². The van der Waals surface area contributed by atoms with E-state index in [0.29, 0.717) is 11.7 Å². The standard InChI is InChI=1S/C23H27N3O2S2/c1-16(2)19-5-4-6-20-22(19)24-23(30-20)26-13-11-25(12-14-26)21(27)15-29-18-9-7-17(28-3)8-10-18/h4-10,16H,11-15H2,1-3H3. The molecule has 1 saturated heterocycles. The van der Waals surface area contributed by atoms with Gasteiger partial charge in [-0.25, -0.2) is 4.98 Å². The highest BCUT2D eigenvalue weighted by molar-refractivity contribution is 8.00. The number of amides is 1. The molecule has 0 saturated carbocycles. The van der Waals surface area contributed by atoms with E-state index in [1.807, 2.05) is 29.2 Å². The Morgan fingerprint density at radius 3 is 2.53 bits per heavy atom. The van der Waals surface area contributed by atoms with Crippen molar-refractivity contribution in [2.24, 2.45) is 0 Å². The lowest BCUT2D eigenvalue weighted by Gasteiger charge is -2.34. The van der Waals surface area contributed by atoms with Gasteiger partial charge in [-0.1, -0.05) is 37.3 Å². The van der Waals surface area contributed by atoms with Crippen LogP contribution in [0.25, 0.3) is 10.2 Å². The maximum atomic E-state index is 12.6. The molecule has 1 fully saturated rings. The number of thiazole rings is 1. The average Bonchev–Trinajstić information content (AvgIpc) is 3.22. The quantitative estimate of drug-likeness (QED) is 0.511. The van der Waals surface area contributed by atoms with Crippen LogP contribution in [0, 0.1) is 0 Å². The molecule has 0 bridgehead atoms. The molecule has 0 aliphatic carbocycles. The van der Waals surface area contributed by atoms with Gasteiger partial charge in [0, 0.05) is 31.1 Å². The van der Waals surface area contributed by atoms with E-state index in [9.17, 15) is 4.79 Å². The van der Waals surface area contributed by atoms with E-state index in [1.165, 1.54) is 10.3 Å². The zero-order valence-electron chi connectivity index (χ0n) is 17.6. The Morgan fingerprint density at radius 2 is 1.87 bits per heavy atom. The minimum absolute atomic E-state index is 0.196. The zero-order chi connectivity index (χ0) is 21.1. The van der Waals surface area contributed by atoms with Crippen LogP contribution in [0.2, 0.25) is 0 Å². The molecule has 3 aromatic rings. The van der Waals surface area contributed by atoms with Crippen LogP contribution in [-0.2, 0) is 4.79 Å². The highest BCUT2D eigenvalue weighted by Crippen LogP contribution is 2.33. The molecule has 0 atom stereocenters. The van der Waals surface area contributed by atoms with Crippen molar-refractivity contribution in [3.8, 4) is 5.75 Å². The van der Waals surface area contributed by atoms with Gasteiger partial charge in [0.15, 0.2) is 5.13 Å². The molecular weight excluding hydrogens is 414 g/mol. The Bertz CT molecular complexity index is 1010. The molecule has 0 radical (unpaired) electrons. The topological polar surface area (TPSA) is 45.7 Å². The van der Waals surface area contributed by atoms with Gasteiger partial charge in [0.1, 0.15) is 5.75 Å². The van der Waals surface area contributed by atoms with Crippen molar-refractivity contribution in [3.63, 3.8) is 0 Å². The molecule has 2 heterocycles. The second kappa shape index (κ2) is 9.27. The molecule has 30 heavy (non-hydrogen) atoms. The predicted octanol–water partition coefficient (Wildman–Crippen LogP) is 4.87. The molecule has 1 aromatic heterocycles. The number of thioether (sulfide) groups is 1. The summed E-state index contributed by atoms with van der Waals surface area (Å²) < 4.78 is 6.42. The molecule has 2 aromatic carbocycles. The van der Waals surface area contributed by atoms with Crippen molar-refractivity contribution >= 4 is 44.4 Å². The van der Waals surface area contributed by atoms with E-state index in [1.54, 1.807) is 30.2 Å². The number of piperazine rings is 1. The normalized spacial score (nSPS) is 14.5. The van der Waals surface area contributed by atoms with Crippen LogP contribution in [0.15, 0.2) is 47.4 Å². The third kappa shape index (κ3) is 4.57. The number of ether oxygens (including phenoxy) is 1. The van der Waals surface area contributed by atoms with E-state index in [-0.39, 0.29) is 5.91 Å².